The Morgan fingerprint density at radius 2 is 1.88 bits per heavy atom. The summed E-state index contributed by atoms with van der Waals surface area (Å²) in [7, 11) is 0. The number of anilines is 1. The van der Waals surface area contributed by atoms with Crippen molar-refractivity contribution >= 4 is 39.2 Å². The summed E-state index contributed by atoms with van der Waals surface area (Å²) in [5.74, 6) is 0.292. The van der Waals surface area contributed by atoms with Crippen LogP contribution in [0.5, 0.6) is 0 Å². The van der Waals surface area contributed by atoms with Gasteiger partial charge in [0.1, 0.15) is 0 Å². The summed E-state index contributed by atoms with van der Waals surface area (Å²) in [5, 5.41) is 8.23. The lowest BCUT2D eigenvalue weighted by molar-refractivity contribution is -0.118. The Morgan fingerprint density at radius 1 is 1.04 bits per heavy atom. The van der Waals surface area contributed by atoms with Crippen molar-refractivity contribution in [1.29, 1.82) is 0 Å². The lowest BCUT2D eigenvalue weighted by atomic mass is 9.68. The fraction of sp³-hybridized carbons (Fsp3) is 0.261. The van der Waals surface area contributed by atoms with Gasteiger partial charge in [-0.1, -0.05) is 50.2 Å². The van der Waals surface area contributed by atoms with Gasteiger partial charge in [0.25, 0.3) is 0 Å². The molecule has 2 nitrogen and oxygen atoms in total. The molecular weight excluding hydrogens is 338 g/mol. The van der Waals surface area contributed by atoms with E-state index in [0.717, 1.165) is 17.7 Å². The molecule has 26 heavy (non-hydrogen) atoms. The van der Waals surface area contributed by atoms with Crippen LogP contribution in [0, 0.1) is 5.41 Å². The van der Waals surface area contributed by atoms with E-state index in [1.165, 1.54) is 26.8 Å². The van der Waals surface area contributed by atoms with Gasteiger partial charge in [-0.25, -0.2) is 0 Å². The van der Waals surface area contributed by atoms with Crippen LogP contribution in [-0.2, 0) is 4.79 Å². The molecule has 0 bridgehead atoms. The highest BCUT2D eigenvalue weighted by Gasteiger charge is 2.40. The zero-order valence-electron chi connectivity index (χ0n) is 15.0. The summed E-state index contributed by atoms with van der Waals surface area (Å²) < 4.78 is 0. The number of rotatable bonds is 1. The van der Waals surface area contributed by atoms with E-state index < -0.39 is 0 Å². The number of allylic oxidation sites excluding steroid dienone is 1. The molecule has 0 fully saturated rings. The highest BCUT2D eigenvalue weighted by atomic mass is 32.1. The topological polar surface area (TPSA) is 29.1 Å². The van der Waals surface area contributed by atoms with Gasteiger partial charge in [-0.2, -0.15) is 0 Å². The van der Waals surface area contributed by atoms with Crippen molar-refractivity contribution in [3.8, 4) is 0 Å². The van der Waals surface area contributed by atoms with Crippen LogP contribution < -0.4 is 5.32 Å². The molecule has 0 amide bonds. The minimum atomic E-state index is -0.0257. The van der Waals surface area contributed by atoms with E-state index in [2.05, 4.69) is 73.1 Å². The molecule has 2 aromatic carbocycles. The molecular formula is C23H21NOS. The quantitative estimate of drug-likeness (QED) is 0.559. The Kier molecular flexibility index (Phi) is 3.38. The fourth-order valence-corrected chi connectivity index (χ4v) is 5.29. The van der Waals surface area contributed by atoms with Gasteiger partial charge in [0.05, 0.1) is 6.04 Å². The second-order valence-electron chi connectivity index (χ2n) is 8.14. The second-order valence-corrected chi connectivity index (χ2v) is 9.11. The van der Waals surface area contributed by atoms with Crippen LogP contribution in [0.2, 0.25) is 0 Å². The molecule has 2 heterocycles. The summed E-state index contributed by atoms with van der Waals surface area (Å²) in [6, 6.07) is 17.0. The van der Waals surface area contributed by atoms with E-state index in [1.54, 1.807) is 11.3 Å². The first-order chi connectivity index (χ1) is 12.5. The molecule has 3 aromatic rings. The van der Waals surface area contributed by atoms with Crippen LogP contribution in [0.15, 0.2) is 59.5 Å². The van der Waals surface area contributed by atoms with Crippen LogP contribution in [0.3, 0.4) is 0 Å². The maximum Gasteiger partial charge on any atom is 0.162 e. The third-order valence-electron chi connectivity index (χ3n) is 5.57. The predicted molar refractivity (Wildman–Crippen MR) is 110 cm³/mol. The lowest BCUT2D eigenvalue weighted by Gasteiger charge is -2.39. The number of carbonyl (C=O) groups is 1. The number of Topliss-reactive ketones (excluding diaryl/α,β-unsaturated/α-hetero) is 1. The summed E-state index contributed by atoms with van der Waals surface area (Å²) in [6.45, 7) is 4.42. The average Bonchev–Trinajstić information content (AvgIpc) is 3.14. The maximum absolute atomic E-state index is 13.2. The first-order valence-corrected chi connectivity index (χ1v) is 10.00. The molecule has 3 heteroatoms. The van der Waals surface area contributed by atoms with Crippen LogP contribution in [0.1, 0.15) is 43.2 Å². The zero-order valence-corrected chi connectivity index (χ0v) is 15.8. The van der Waals surface area contributed by atoms with Gasteiger partial charge >= 0.3 is 0 Å². The molecule has 2 aliphatic rings. The van der Waals surface area contributed by atoms with Gasteiger partial charge in [-0.05, 0) is 45.7 Å². The number of carbonyl (C=O) groups excluding carboxylic acids is 1. The Balaban J connectivity index is 1.83. The lowest BCUT2D eigenvalue weighted by Crippen LogP contribution is -2.32. The highest BCUT2D eigenvalue weighted by Crippen LogP contribution is 2.52. The number of ketones is 1. The van der Waals surface area contributed by atoms with Crippen molar-refractivity contribution in [2.24, 2.45) is 5.41 Å². The molecule has 0 saturated heterocycles. The van der Waals surface area contributed by atoms with E-state index in [4.69, 9.17) is 0 Å². The van der Waals surface area contributed by atoms with Gasteiger partial charge < -0.3 is 5.32 Å². The second kappa shape index (κ2) is 5.55. The van der Waals surface area contributed by atoms with Crippen LogP contribution in [0.4, 0.5) is 5.69 Å². The van der Waals surface area contributed by atoms with Crippen molar-refractivity contribution in [1.82, 2.24) is 0 Å². The van der Waals surface area contributed by atoms with Gasteiger partial charge in [0.15, 0.2) is 5.78 Å². The molecule has 1 aliphatic heterocycles. The standard InChI is InChI=1S/C23H21NOS/c1-23(2)12-16-20-15-7-4-3-6-14(15)9-10-17(20)24-22(19-8-5-11-26-19)21(16)18(25)13-23/h3-11,22,24H,12-13H2,1-2H3/t22-/m0/s1. The molecule has 0 unspecified atom stereocenters. The summed E-state index contributed by atoms with van der Waals surface area (Å²) in [5.41, 5.74) is 4.60. The zero-order chi connectivity index (χ0) is 17.9. The normalized spacial score (nSPS) is 21.3. The maximum atomic E-state index is 13.2. The van der Waals surface area contributed by atoms with E-state index in [1.807, 2.05) is 0 Å². The van der Waals surface area contributed by atoms with Gasteiger partial charge in [0, 0.05) is 28.1 Å². The minimum Gasteiger partial charge on any atom is -0.373 e. The van der Waals surface area contributed by atoms with Crippen LogP contribution >= 0.6 is 11.3 Å². The first-order valence-electron chi connectivity index (χ1n) is 9.12. The Bertz CT molecular complexity index is 1060. The summed E-state index contributed by atoms with van der Waals surface area (Å²) in [4.78, 5) is 14.4. The molecule has 1 N–H and O–H groups in total. The third kappa shape index (κ3) is 2.34. The van der Waals surface area contributed by atoms with Crippen LogP contribution in [-0.4, -0.2) is 5.78 Å². The number of benzene rings is 2. The molecule has 5 rings (SSSR count). The summed E-state index contributed by atoms with van der Waals surface area (Å²) in [6.07, 6.45) is 1.56. The number of nitrogens with one attached hydrogen (secondary N) is 1. The highest BCUT2D eigenvalue weighted by molar-refractivity contribution is 7.10. The van der Waals surface area contributed by atoms with Crippen molar-refractivity contribution in [2.75, 3.05) is 5.32 Å². The third-order valence-corrected chi connectivity index (χ3v) is 6.50. The van der Waals surface area contributed by atoms with Gasteiger partial charge in [0.2, 0.25) is 0 Å². The van der Waals surface area contributed by atoms with E-state index in [0.29, 0.717) is 12.2 Å². The Labute approximate surface area is 157 Å². The Hall–Kier alpha value is -2.39. The number of hydrogen-bond acceptors (Lipinski definition) is 3. The average molecular weight is 359 g/mol. The first kappa shape index (κ1) is 15.8. The van der Waals surface area contributed by atoms with E-state index in [9.17, 15) is 4.79 Å². The minimum absolute atomic E-state index is 0.00146. The molecule has 1 aromatic heterocycles. The molecule has 0 spiro atoms. The predicted octanol–water partition coefficient (Wildman–Crippen LogP) is 6.21. The van der Waals surface area contributed by atoms with Gasteiger partial charge in [-0.3, -0.25) is 4.79 Å². The smallest absolute Gasteiger partial charge is 0.162 e. The van der Waals surface area contributed by atoms with Gasteiger partial charge in [-0.15, -0.1) is 11.3 Å². The molecule has 1 aliphatic carbocycles. The Morgan fingerprint density at radius 3 is 2.69 bits per heavy atom. The van der Waals surface area contributed by atoms with Crippen molar-refractivity contribution in [3.63, 3.8) is 0 Å². The largest absolute Gasteiger partial charge is 0.373 e. The monoisotopic (exact) mass is 359 g/mol. The van der Waals surface area contributed by atoms with Crippen molar-refractivity contribution in [3.05, 3.63) is 69.9 Å². The molecule has 0 radical (unpaired) electrons. The van der Waals surface area contributed by atoms with E-state index in [-0.39, 0.29) is 11.5 Å². The molecule has 130 valence electrons. The van der Waals surface area contributed by atoms with Crippen LogP contribution in [0.25, 0.3) is 16.3 Å². The number of fused-ring (bicyclic) bond motifs is 4. The van der Waals surface area contributed by atoms with Crippen molar-refractivity contribution < 1.29 is 4.79 Å². The number of thiophene rings is 1. The molecule has 1 atom stereocenters. The number of hydrogen-bond donors (Lipinski definition) is 1. The van der Waals surface area contributed by atoms with E-state index >= 15 is 0 Å². The fourth-order valence-electron chi connectivity index (χ4n) is 4.51. The molecule has 0 saturated carbocycles. The van der Waals surface area contributed by atoms with Crippen molar-refractivity contribution in [2.45, 2.75) is 32.7 Å². The SMILES string of the molecule is CC1(C)CC(=O)C2=C(C1)c1c(ccc3ccccc13)N[C@H]2c1cccs1. The summed E-state index contributed by atoms with van der Waals surface area (Å²) >= 11 is 1.72.